The Morgan fingerprint density at radius 1 is 1.17 bits per heavy atom. The molecule has 1 fully saturated rings. The number of amides is 1. The Morgan fingerprint density at radius 2 is 1.86 bits per heavy atom. The molecule has 1 amide bonds. The predicted molar refractivity (Wildman–Crippen MR) is 113 cm³/mol. The van der Waals surface area contributed by atoms with Gasteiger partial charge in [-0.2, -0.15) is 4.99 Å². The number of piperidine rings is 1. The standard InChI is InChI=1S/C20H21N3O4S2/c1-13-8-10-23(11-9-13)20-22-19(24)18(28-20)12-15-4-7-17(27-15)14-2-5-16(6-3-14)29(21,25)26/h2-7,12-13H,8-11H2,1H3,(H2,21,25,26). The van der Waals surface area contributed by atoms with E-state index in [1.165, 1.54) is 23.9 Å². The quantitative estimate of drug-likeness (QED) is 0.748. The molecule has 1 saturated heterocycles. The minimum absolute atomic E-state index is 0.0416. The van der Waals surface area contributed by atoms with Gasteiger partial charge in [0.25, 0.3) is 5.91 Å². The van der Waals surface area contributed by atoms with Crippen LogP contribution in [0.15, 0.2) is 55.6 Å². The highest BCUT2D eigenvalue weighted by Gasteiger charge is 2.28. The topological polar surface area (TPSA) is 106 Å². The molecule has 3 heterocycles. The number of hydrogen-bond acceptors (Lipinski definition) is 6. The van der Waals surface area contributed by atoms with Crippen molar-refractivity contribution in [1.29, 1.82) is 0 Å². The number of benzene rings is 1. The molecule has 1 aromatic heterocycles. The molecule has 7 nitrogen and oxygen atoms in total. The number of rotatable bonds is 3. The molecule has 2 aliphatic heterocycles. The molecule has 0 saturated carbocycles. The van der Waals surface area contributed by atoms with Crippen molar-refractivity contribution in [2.75, 3.05) is 13.1 Å². The maximum atomic E-state index is 12.3. The fourth-order valence-electron chi connectivity index (χ4n) is 3.26. The van der Waals surface area contributed by atoms with E-state index < -0.39 is 10.0 Å². The maximum Gasteiger partial charge on any atom is 0.286 e. The van der Waals surface area contributed by atoms with Crippen molar-refractivity contribution in [3.8, 4) is 11.3 Å². The lowest BCUT2D eigenvalue weighted by atomic mass is 10.00. The Kier molecular flexibility index (Phi) is 5.37. The first-order valence-electron chi connectivity index (χ1n) is 9.30. The number of nitrogens with zero attached hydrogens (tertiary/aromatic N) is 2. The van der Waals surface area contributed by atoms with E-state index in [9.17, 15) is 13.2 Å². The van der Waals surface area contributed by atoms with Gasteiger partial charge in [-0.15, -0.1) is 0 Å². The van der Waals surface area contributed by atoms with Gasteiger partial charge in [-0.25, -0.2) is 13.6 Å². The molecule has 9 heteroatoms. The maximum absolute atomic E-state index is 12.3. The molecule has 4 rings (SSSR count). The number of amidine groups is 1. The Hall–Kier alpha value is -2.36. The third kappa shape index (κ3) is 4.47. The highest BCUT2D eigenvalue weighted by Crippen LogP contribution is 2.33. The second kappa shape index (κ2) is 7.81. The number of sulfonamides is 1. The van der Waals surface area contributed by atoms with E-state index >= 15 is 0 Å². The van der Waals surface area contributed by atoms with E-state index in [1.54, 1.807) is 30.3 Å². The monoisotopic (exact) mass is 431 g/mol. The van der Waals surface area contributed by atoms with Crippen LogP contribution >= 0.6 is 11.8 Å². The fourth-order valence-corrected chi connectivity index (χ4v) is 4.72. The number of carbonyl (C=O) groups excluding carboxylic acids is 1. The van der Waals surface area contributed by atoms with Crippen LogP contribution in [0.1, 0.15) is 25.5 Å². The number of primary sulfonamides is 1. The lowest BCUT2D eigenvalue weighted by molar-refractivity contribution is -0.113. The molecule has 2 aliphatic rings. The van der Waals surface area contributed by atoms with Crippen LogP contribution in [0.2, 0.25) is 0 Å². The SMILES string of the molecule is CC1CCN(C2=NC(=O)C(=Cc3ccc(-c4ccc(S(N)(=O)=O)cc4)o3)S2)CC1. The summed E-state index contributed by atoms with van der Waals surface area (Å²) in [6, 6.07) is 9.66. The summed E-state index contributed by atoms with van der Waals surface area (Å²) in [4.78, 5) is 19.2. The van der Waals surface area contributed by atoms with Gasteiger partial charge in [-0.3, -0.25) is 4.79 Å². The van der Waals surface area contributed by atoms with Crippen LogP contribution < -0.4 is 5.14 Å². The average Bonchev–Trinajstić information content (AvgIpc) is 3.29. The fraction of sp³-hybridized carbons (Fsp3) is 0.300. The Balaban J connectivity index is 1.48. The minimum atomic E-state index is -3.73. The van der Waals surface area contributed by atoms with Crippen molar-refractivity contribution in [1.82, 2.24) is 4.90 Å². The van der Waals surface area contributed by atoms with Gasteiger partial charge in [-0.1, -0.05) is 6.92 Å². The van der Waals surface area contributed by atoms with Gasteiger partial charge in [-0.05, 0) is 66.9 Å². The lowest BCUT2D eigenvalue weighted by Crippen LogP contribution is -2.35. The summed E-state index contributed by atoms with van der Waals surface area (Å²) in [7, 11) is -3.73. The van der Waals surface area contributed by atoms with Crippen LogP contribution in [0.25, 0.3) is 17.4 Å². The Bertz CT molecular complexity index is 1090. The third-order valence-corrected chi connectivity index (χ3v) is 7.00. The third-order valence-electron chi connectivity index (χ3n) is 5.03. The predicted octanol–water partition coefficient (Wildman–Crippen LogP) is 3.30. The summed E-state index contributed by atoms with van der Waals surface area (Å²) in [6.45, 7) is 4.09. The van der Waals surface area contributed by atoms with Gasteiger partial charge in [0, 0.05) is 24.7 Å². The van der Waals surface area contributed by atoms with Crippen LogP contribution in [0.3, 0.4) is 0 Å². The van der Waals surface area contributed by atoms with Crippen molar-refractivity contribution in [3.05, 3.63) is 47.1 Å². The van der Waals surface area contributed by atoms with E-state index in [-0.39, 0.29) is 10.8 Å². The highest BCUT2D eigenvalue weighted by atomic mass is 32.2. The van der Waals surface area contributed by atoms with Crippen LogP contribution in [0, 0.1) is 5.92 Å². The van der Waals surface area contributed by atoms with Gasteiger partial charge in [0.15, 0.2) is 5.17 Å². The molecule has 1 aromatic carbocycles. The minimum Gasteiger partial charge on any atom is -0.457 e. The number of furan rings is 1. The van der Waals surface area contributed by atoms with Crippen molar-refractivity contribution in [3.63, 3.8) is 0 Å². The summed E-state index contributed by atoms with van der Waals surface area (Å²) in [5, 5.41) is 5.88. The van der Waals surface area contributed by atoms with Crippen LogP contribution in [0.4, 0.5) is 0 Å². The number of carbonyl (C=O) groups is 1. The number of likely N-dealkylation sites (tertiary alicyclic amines) is 1. The van der Waals surface area contributed by atoms with E-state index in [0.717, 1.165) is 31.1 Å². The normalized spacial score (nSPS) is 19.8. The van der Waals surface area contributed by atoms with E-state index in [4.69, 9.17) is 9.56 Å². The average molecular weight is 432 g/mol. The molecule has 152 valence electrons. The second-order valence-corrected chi connectivity index (χ2v) is 9.82. The van der Waals surface area contributed by atoms with E-state index in [0.29, 0.717) is 27.9 Å². The second-order valence-electron chi connectivity index (χ2n) is 7.25. The van der Waals surface area contributed by atoms with Gasteiger partial charge in [0.1, 0.15) is 11.5 Å². The summed E-state index contributed by atoms with van der Waals surface area (Å²) < 4.78 is 28.5. The summed E-state index contributed by atoms with van der Waals surface area (Å²) in [5.74, 6) is 1.57. The Labute approximate surface area is 173 Å². The largest absolute Gasteiger partial charge is 0.457 e. The molecule has 2 N–H and O–H groups in total. The van der Waals surface area contributed by atoms with Crippen molar-refractivity contribution < 1.29 is 17.6 Å². The number of hydrogen-bond donors (Lipinski definition) is 1. The van der Waals surface area contributed by atoms with Crippen molar-refractivity contribution in [2.45, 2.75) is 24.7 Å². The zero-order valence-corrected chi connectivity index (χ0v) is 17.5. The van der Waals surface area contributed by atoms with Gasteiger partial charge < -0.3 is 9.32 Å². The first kappa shape index (κ1) is 19.9. The first-order chi connectivity index (χ1) is 13.8. The van der Waals surface area contributed by atoms with E-state index in [2.05, 4.69) is 16.8 Å². The molecule has 2 aromatic rings. The van der Waals surface area contributed by atoms with Crippen LogP contribution in [0.5, 0.6) is 0 Å². The molecular weight excluding hydrogens is 410 g/mol. The Morgan fingerprint density at radius 3 is 2.52 bits per heavy atom. The highest BCUT2D eigenvalue weighted by molar-refractivity contribution is 8.18. The molecule has 0 atom stereocenters. The van der Waals surface area contributed by atoms with Gasteiger partial charge >= 0.3 is 0 Å². The van der Waals surface area contributed by atoms with Gasteiger partial charge in [0.05, 0.1) is 9.80 Å². The number of aliphatic imine (C=N–C) groups is 1. The van der Waals surface area contributed by atoms with Gasteiger partial charge in [0.2, 0.25) is 10.0 Å². The molecule has 0 aliphatic carbocycles. The zero-order chi connectivity index (χ0) is 20.6. The van der Waals surface area contributed by atoms with Crippen LogP contribution in [-0.2, 0) is 14.8 Å². The molecule has 0 bridgehead atoms. The smallest absolute Gasteiger partial charge is 0.286 e. The van der Waals surface area contributed by atoms with Crippen LogP contribution in [-0.4, -0.2) is 37.5 Å². The zero-order valence-electron chi connectivity index (χ0n) is 15.9. The summed E-state index contributed by atoms with van der Waals surface area (Å²) >= 11 is 1.38. The first-order valence-corrected chi connectivity index (χ1v) is 11.7. The molecule has 29 heavy (non-hydrogen) atoms. The summed E-state index contributed by atoms with van der Waals surface area (Å²) in [6.07, 6.45) is 3.91. The molecule has 0 unspecified atom stereocenters. The van der Waals surface area contributed by atoms with Crippen molar-refractivity contribution >= 4 is 38.9 Å². The summed E-state index contributed by atoms with van der Waals surface area (Å²) in [5.41, 5.74) is 0.715. The number of nitrogens with two attached hydrogens (primary N) is 1. The number of thioether (sulfide) groups is 1. The molecule has 0 radical (unpaired) electrons. The molecule has 0 spiro atoms. The van der Waals surface area contributed by atoms with E-state index in [1.807, 2.05) is 0 Å². The lowest BCUT2D eigenvalue weighted by Gasteiger charge is -2.30. The van der Waals surface area contributed by atoms with Crippen molar-refractivity contribution in [2.24, 2.45) is 16.0 Å². The molecular formula is C20H21N3O4S2.